The van der Waals surface area contributed by atoms with Gasteiger partial charge in [-0.1, -0.05) is 11.6 Å². The fraction of sp³-hybridized carbons (Fsp3) is 0.0769. The topological polar surface area (TPSA) is 20.2 Å². The van der Waals surface area contributed by atoms with Gasteiger partial charge in [-0.25, -0.2) is 17.6 Å². The van der Waals surface area contributed by atoms with E-state index in [1.807, 2.05) is 0 Å². The van der Waals surface area contributed by atoms with Gasteiger partial charge in [0.15, 0.2) is 11.6 Å². The zero-order valence-corrected chi connectivity index (χ0v) is 10.1. The highest BCUT2D eigenvalue weighted by Crippen LogP contribution is 2.31. The standard InChI is InChI=1S/C13H7ClF4O/c14-9-2-1-6(15)3-7(9)13(19)8-4-11(17)12(18)5-10(8)16/h1-5,13,19H. The summed E-state index contributed by atoms with van der Waals surface area (Å²) in [7, 11) is 0. The summed E-state index contributed by atoms with van der Waals surface area (Å²) in [6, 6.07) is 3.94. The number of hydrogen-bond acceptors (Lipinski definition) is 1. The van der Waals surface area contributed by atoms with Gasteiger partial charge in [0.1, 0.15) is 17.7 Å². The Hall–Kier alpha value is -1.59. The van der Waals surface area contributed by atoms with Crippen LogP contribution in [0.5, 0.6) is 0 Å². The highest BCUT2D eigenvalue weighted by molar-refractivity contribution is 6.31. The number of benzene rings is 2. The van der Waals surface area contributed by atoms with E-state index in [0.717, 1.165) is 12.1 Å². The maximum Gasteiger partial charge on any atom is 0.161 e. The second-order valence-corrected chi connectivity index (χ2v) is 4.26. The van der Waals surface area contributed by atoms with E-state index in [2.05, 4.69) is 0 Å². The van der Waals surface area contributed by atoms with E-state index in [1.165, 1.54) is 6.07 Å². The third kappa shape index (κ3) is 2.72. The van der Waals surface area contributed by atoms with E-state index in [-0.39, 0.29) is 10.6 Å². The molecule has 0 aliphatic heterocycles. The third-order valence-corrected chi connectivity index (χ3v) is 2.93. The Morgan fingerprint density at radius 2 is 1.47 bits per heavy atom. The molecule has 2 aromatic rings. The molecule has 2 aromatic carbocycles. The molecule has 0 spiro atoms. The van der Waals surface area contributed by atoms with Crippen molar-refractivity contribution < 1.29 is 22.7 Å². The van der Waals surface area contributed by atoms with Crippen molar-refractivity contribution in [2.24, 2.45) is 0 Å². The van der Waals surface area contributed by atoms with E-state index >= 15 is 0 Å². The van der Waals surface area contributed by atoms with Crippen molar-refractivity contribution in [3.63, 3.8) is 0 Å². The number of aliphatic hydroxyl groups is 1. The highest BCUT2D eigenvalue weighted by atomic mass is 35.5. The summed E-state index contributed by atoms with van der Waals surface area (Å²) < 4.78 is 52.4. The number of hydrogen-bond donors (Lipinski definition) is 1. The Bertz CT molecular complexity index is 630. The molecule has 2 rings (SSSR count). The van der Waals surface area contributed by atoms with Gasteiger partial charge in [0.2, 0.25) is 0 Å². The molecule has 0 saturated heterocycles. The molecule has 0 saturated carbocycles. The summed E-state index contributed by atoms with van der Waals surface area (Å²) in [5.41, 5.74) is -0.655. The zero-order chi connectivity index (χ0) is 14.2. The molecular weight excluding hydrogens is 284 g/mol. The molecule has 0 aliphatic carbocycles. The van der Waals surface area contributed by atoms with Gasteiger partial charge >= 0.3 is 0 Å². The molecule has 1 atom stereocenters. The average molecular weight is 291 g/mol. The molecule has 0 bridgehead atoms. The summed E-state index contributed by atoms with van der Waals surface area (Å²) in [4.78, 5) is 0. The predicted octanol–water partition coefficient (Wildman–Crippen LogP) is 3.98. The molecule has 0 fully saturated rings. The first-order valence-electron chi connectivity index (χ1n) is 5.17. The smallest absolute Gasteiger partial charge is 0.161 e. The van der Waals surface area contributed by atoms with Crippen LogP contribution in [0.3, 0.4) is 0 Å². The number of aliphatic hydroxyl groups excluding tert-OH is 1. The van der Waals surface area contributed by atoms with Crippen LogP contribution < -0.4 is 0 Å². The van der Waals surface area contributed by atoms with Crippen molar-refractivity contribution in [1.29, 1.82) is 0 Å². The molecule has 1 nitrogen and oxygen atoms in total. The van der Waals surface area contributed by atoms with Crippen molar-refractivity contribution in [3.8, 4) is 0 Å². The van der Waals surface area contributed by atoms with Crippen molar-refractivity contribution in [3.05, 3.63) is 69.8 Å². The van der Waals surface area contributed by atoms with Gasteiger partial charge in [0.25, 0.3) is 0 Å². The maximum atomic E-state index is 13.5. The first-order chi connectivity index (χ1) is 8.90. The highest BCUT2D eigenvalue weighted by Gasteiger charge is 2.21. The summed E-state index contributed by atoms with van der Waals surface area (Å²) in [6.07, 6.45) is -1.70. The van der Waals surface area contributed by atoms with Gasteiger partial charge in [0.05, 0.1) is 0 Å². The van der Waals surface area contributed by atoms with Crippen LogP contribution in [-0.4, -0.2) is 5.11 Å². The fourth-order valence-corrected chi connectivity index (χ4v) is 1.86. The lowest BCUT2D eigenvalue weighted by atomic mass is 10.0. The van der Waals surface area contributed by atoms with Crippen molar-refractivity contribution >= 4 is 11.6 Å². The minimum absolute atomic E-state index is 0.0157. The minimum Gasteiger partial charge on any atom is -0.383 e. The van der Waals surface area contributed by atoms with Gasteiger partial charge in [0, 0.05) is 22.2 Å². The van der Waals surface area contributed by atoms with Crippen LogP contribution in [0.25, 0.3) is 0 Å². The lowest BCUT2D eigenvalue weighted by Gasteiger charge is -2.14. The monoisotopic (exact) mass is 290 g/mol. The van der Waals surface area contributed by atoms with Gasteiger partial charge in [-0.05, 0) is 24.3 Å². The molecule has 0 aromatic heterocycles. The van der Waals surface area contributed by atoms with Crippen LogP contribution >= 0.6 is 11.6 Å². The van der Waals surface area contributed by atoms with Crippen LogP contribution in [0.4, 0.5) is 17.6 Å². The maximum absolute atomic E-state index is 13.5. The molecule has 0 aliphatic rings. The van der Waals surface area contributed by atoms with Crippen LogP contribution in [0.2, 0.25) is 5.02 Å². The van der Waals surface area contributed by atoms with Crippen LogP contribution in [0.1, 0.15) is 17.2 Å². The second kappa shape index (κ2) is 5.19. The van der Waals surface area contributed by atoms with Gasteiger partial charge in [-0.15, -0.1) is 0 Å². The quantitative estimate of drug-likeness (QED) is 0.655. The predicted molar refractivity (Wildman–Crippen MR) is 61.8 cm³/mol. The van der Waals surface area contributed by atoms with E-state index in [0.29, 0.717) is 12.1 Å². The molecule has 1 N–H and O–H groups in total. The summed E-state index contributed by atoms with van der Waals surface area (Å²) in [6.45, 7) is 0. The van der Waals surface area contributed by atoms with Crippen molar-refractivity contribution in [1.82, 2.24) is 0 Å². The number of halogens is 5. The first-order valence-corrected chi connectivity index (χ1v) is 5.55. The molecular formula is C13H7ClF4O. The summed E-state index contributed by atoms with van der Waals surface area (Å²) in [5.74, 6) is -4.53. The fourth-order valence-electron chi connectivity index (χ4n) is 1.64. The lowest BCUT2D eigenvalue weighted by Crippen LogP contribution is -2.05. The average Bonchev–Trinajstić information content (AvgIpc) is 2.36. The second-order valence-electron chi connectivity index (χ2n) is 3.86. The number of rotatable bonds is 2. The third-order valence-electron chi connectivity index (χ3n) is 2.59. The van der Waals surface area contributed by atoms with Crippen LogP contribution in [-0.2, 0) is 0 Å². The van der Waals surface area contributed by atoms with Crippen molar-refractivity contribution in [2.45, 2.75) is 6.10 Å². The Morgan fingerprint density at radius 1 is 0.842 bits per heavy atom. The Morgan fingerprint density at radius 3 is 2.16 bits per heavy atom. The summed E-state index contributed by atoms with van der Waals surface area (Å²) >= 11 is 5.75. The molecule has 100 valence electrons. The summed E-state index contributed by atoms with van der Waals surface area (Å²) in [5, 5.41) is 9.90. The first kappa shape index (κ1) is 13.8. The molecule has 19 heavy (non-hydrogen) atoms. The minimum atomic E-state index is -1.70. The van der Waals surface area contributed by atoms with E-state index in [1.54, 1.807) is 0 Å². The van der Waals surface area contributed by atoms with Crippen LogP contribution in [0, 0.1) is 23.3 Å². The molecule has 1 unspecified atom stereocenters. The van der Waals surface area contributed by atoms with E-state index < -0.39 is 34.9 Å². The van der Waals surface area contributed by atoms with Gasteiger partial charge in [-0.2, -0.15) is 0 Å². The van der Waals surface area contributed by atoms with Gasteiger partial charge < -0.3 is 5.11 Å². The largest absolute Gasteiger partial charge is 0.383 e. The molecule has 0 heterocycles. The van der Waals surface area contributed by atoms with E-state index in [9.17, 15) is 22.7 Å². The Labute approximate surface area is 111 Å². The van der Waals surface area contributed by atoms with E-state index in [4.69, 9.17) is 11.6 Å². The van der Waals surface area contributed by atoms with Crippen molar-refractivity contribution in [2.75, 3.05) is 0 Å². The van der Waals surface area contributed by atoms with Crippen LogP contribution in [0.15, 0.2) is 30.3 Å². The molecule has 0 amide bonds. The Kier molecular flexibility index (Phi) is 3.78. The normalized spacial score (nSPS) is 12.5. The van der Waals surface area contributed by atoms with Gasteiger partial charge in [-0.3, -0.25) is 0 Å². The zero-order valence-electron chi connectivity index (χ0n) is 9.30. The molecule has 0 radical (unpaired) electrons. The Balaban J connectivity index is 2.52. The SMILES string of the molecule is OC(c1cc(F)c(F)cc1F)c1cc(F)ccc1Cl. The molecule has 6 heteroatoms. The lowest BCUT2D eigenvalue weighted by molar-refractivity contribution is 0.213.